The molecule has 0 aromatic rings. The van der Waals surface area contributed by atoms with Gasteiger partial charge in [0.05, 0.1) is 8.80 Å². The van der Waals surface area contributed by atoms with Crippen molar-refractivity contribution in [3.8, 4) is 0 Å². The molecule has 1 heterocycles. The van der Waals surface area contributed by atoms with E-state index in [0.29, 0.717) is 5.73 Å². The van der Waals surface area contributed by atoms with Crippen molar-refractivity contribution in [1.82, 2.24) is 0 Å². The van der Waals surface area contributed by atoms with E-state index in [9.17, 15) is 0 Å². The standard InChI is InChI=1S/C10H22OSi/c1-3-4-9-12(2)10-7-5-6-8-11-10/h10,12H,3-9H2,1-2H3. The van der Waals surface area contributed by atoms with Crippen LogP contribution in [0.3, 0.4) is 0 Å². The van der Waals surface area contributed by atoms with Gasteiger partial charge >= 0.3 is 0 Å². The Balaban J connectivity index is 2.15. The zero-order valence-electron chi connectivity index (χ0n) is 8.51. The van der Waals surface area contributed by atoms with Crippen LogP contribution in [0.5, 0.6) is 0 Å². The fourth-order valence-corrected chi connectivity index (χ4v) is 4.62. The molecule has 1 nitrogen and oxygen atoms in total. The van der Waals surface area contributed by atoms with Gasteiger partial charge in [0.25, 0.3) is 0 Å². The van der Waals surface area contributed by atoms with Crippen LogP contribution in [0.4, 0.5) is 0 Å². The van der Waals surface area contributed by atoms with Crippen LogP contribution in [0.1, 0.15) is 39.0 Å². The quantitative estimate of drug-likeness (QED) is 0.613. The normalized spacial score (nSPS) is 27.0. The van der Waals surface area contributed by atoms with Gasteiger partial charge in [0.1, 0.15) is 0 Å². The molecule has 0 aliphatic carbocycles. The summed E-state index contributed by atoms with van der Waals surface area (Å²) in [6.07, 6.45) is 6.84. The summed E-state index contributed by atoms with van der Waals surface area (Å²) in [4.78, 5) is 0. The van der Waals surface area contributed by atoms with Gasteiger partial charge in [-0.2, -0.15) is 0 Å². The van der Waals surface area contributed by atoms with Crippen LogP contribution in [0.25, 0.3) is 0 Å². The molecule has 1 rings (SSSR count). The van der Waals surface area contributed by atoms with Gasteiger partial charge < -0.3 is 4.74 Å². The maximum Gasteiger partial charge on any atom is 0.0686 e. The van der Waals surface area contributed by atoms with E-state index in [0.717, 1.165) is 6.61 Å². The largest absolute Gasteiger partial charge is 0.382 e. The van der Waals surface area contributed by atoms with Crippen molar-refractivity contribution in [2.24, 2.45) is 0 Å². The summed E-state index contributed by atoms with van der Waals surface area (Å²) in [5.74, 6) is 0. The van der Waals surface area contributed by atoms with Gasteiger partial charge in [0.15, 0.2) is 0 Å². The lowest BCUT2D eigenvalue weighted by molar-refractivity contribution is 0.0625. The van der Waals surface area contributed by atoms with Crippen molar-refractivity contribution in [1.29, 1.82) is 0 Å². The van der Waals surface area contributed by atoms with Gasteiger partial charge in [-0.15, -0.1) is 0 Å². The molecule has 0 radical (unpaired) electrons. The fourth-order valence-electron chi connectivity index (χ4n) is 1.93. The lowest BCUT2D eigenvalue weighted by atomic mass is 10.2. The summed E-state index contributed by atoms with van der Waals surface area (Å²) < 4.78 is 5.80. The van der Waals surface area contributed by atoms with E-state index in [1.54, 1.807) is 0 Å². The molecule has 2 atom stereocenters. The number of unbranched alkanes of at least 4 members (excludes halogenated alkanes) is 1. The first kappa shape index (κ1) is 10.3. The summed E-state index contributed by atoms with van der Waals surface area (Å²) in [5, 5.41) is 0. The molecular formula is C10H22OSi. The predicted molar refractivity (Wildman–Crippen MR) is 56.3 cm³/mol. The molecule has 0 amide bonds. The van der Waals surface area contributed by atoms with Crippen LogP contribution in [0.2, 0.25) is 12.6 Å². The second kappa shape index (κ2) is 5.76. The summed E-state index contributed by atoms with van der Waals surface area (Å²) in [6, 6.07) is 1.49. The Hall–Kier alpha value is 0.177. The van der Waals surface area contributed by atoms with Crippen LogP contribution in [0, 0.1) is 0 Å². The van der Waals surface area contributed by atoms with Crippen LogP contribution < -0.4 is 0 Å². The molecule has 1 saturated heterocycles. The predicted octanol–water partition coefficient (Wildman–Crippen LogP) is 2.75. The first-order valence-electron chi connectivity index (χ1n) is 5.46. The van der Waals surface area contributed by atoms with Gasteiger partial charge in [0.2, 0.25) is 0 Å². The molecule has 0 aromatic heterocycles. The van der Waals surface area contributed by atoms with Gasteiger partial charge in [-0.25, -0.2) is 0 Å². The zero-order chi connectivity index (χ0) is 8.81. The number of hydrogen-bond donors (Lipinski definition) is 0. The molecular weight excluding hydrogens is 164 g/mol. The van der Waals surface area contributed by atoms with Crippen molar-refractivity contribution in [2.75, 3.05) is 6.61 Å². The van der Waals surface area contributed by atoms with Crippen LogP contribution in [-0.2, 0) is 4.74 Å². The van der Waals surface area contributed by atoms with Crippen molar-refractivity contribution in [3.63, 3.8) is 0 Å². The fraction of sp³-hybridized carbons (Fsp3) is 1.00. The van der Waals surface area contributed by atoms with E-state index >= 15 is 0 Å². The van der Waals surface area contributed by atoms with Crippen LogP contribution in [-0.4, -0.2) is 21.1 Å². The average Bonchev–Trinajstić information content (AvgIpc) is 2.15. The summed E-state index contributed by atoms with van der Waals surface area (Å²) in [7, 11) is -0.523. The topological polar surface area (TPSA) is 9.23 Å². The van der Waals surface area contributed by atoms with E-state index in [-0.39, 0.29) is 0 Å². The summed E-state index contributed by atoms with van der Waals surface area (Å²) >= 11 is 0. The van der Waals surface area contributed by atoms with Crippen LogP contribution in [0.15, 0.2) is 0 Å². The molecule has 1 aliphatic rings. The summed E-state index contributed by atoms with van der Waals surface area (Å²) in [6.45, 7) is 5.79. The number of hydrogen-bond acceptors (Lipinski definition) is 1. The lowest BCUT2D eigenvalue weighted by Crippen LogP contribution is -2.33. The second-order valence-corrected chi connectivity index (χ2v) is 7.30. The Labute approximate surface area is 78.1 Å². The Kier molecular flexibility index (Phi) is 4.92. The third kappa shape index (κ3) is 3.28. The second-order valence-electron chi connectivity index (χ2n) is 4.02. The third-order valence-corrected chi connectivity index (χ3v) is 5.98. The molecule has 1 aliphatic heterocycles. The number of ether oxygens (including phenoxy) is 1. The molecule has 12 heavy (non-hydrogen) atoms. The monoisotopic (exact) mass is 186 g/mol. The van der Waals surface area contributed by atoms with E-state index in [4.69, 9.17) is 4.74 Å². The van der Waals surface area contributed by atoms with Gasteiger partial charge in [0, 0.05) is 12.3 Å². The average molecular weight is 186 g/mol. The van der Waals surface area contributed by atoms with Crippen molar-refractivity contribution in [3.05, 3.63) is 0 Å². The third-order valence-electron chi connectivity index (χ3n) is 2.86. The molecule has 0 N–H and O–H groups in total. The SMILES string of the molecule is CCCC[SiH](C)C1CCCCO1. The highest BCUT2D eigenvalue weighted by atomic mass is 28.3. The van der Waals surface area contributed by atoms with Gasteiger partial charge in [-0.05, 0) is 19.3 Å². The first-order valence-corrected chi connectivity index (χ1v) is 8.10. The maximum absolute atomic E-state index is 5.80. The Morgan fingerprint density at radius 3 is 2.83 bits per heavy atom. The van der Waals surface area contributed by atoms with E-state index in [1.165, 1.54) is 38.1 Å². The minimum Gasteiger partial charge on any atom is -0.382 e. The first-order chi connectivity index (χ1) is 5.84. The minimum absolute atomic E-state index is 0.523. The van der Waals surface area contributed by atoms with Crippen molar-refractivity contribution < 1.29 is 4.74 Å². The Morgan fingerprint density at radius 2 is 2.25 bits per heavy atom. The van der Waals surface area contributed by atoms with E-state index in [2.05, 4.69) is 13.5 Å². The highest BCUT2D eigenvalue weighted by molar-refractivity contribution is 6.58. The molecule has 0 aromatic carbocycles. The lowest BCUT2D eigenvalue weighted by Gasteiger charge is -2.27. The van der Waals surface area contributed by atoms with Gasteiger partial charge in [-0.3, -0.25) is 0 Å². The molecule has 0 bridgehead atoms. The minimum atomic E-state index is -0.523. The number of rotatable bonds is 4. The highest BCUT2D eigenvalue weighted by Gasteiger charge is 2.20. The van der Waals surface area contributed by atoms with E-state index in [1.807, 2.05) is 0 Å². The van der Waals surface area contributed by atoms with Crippen LogP contribution >= 0.6 is 0 Å². The zero-order valence-corrected chi connectivity index (χ0v) is 9.67. The molecule has 0 saturated carbocycles. The molecule has 1 fully saturated rings. The summed E-state index contributed by atoms with van der Waals surface area (Å²) in [5.41, 5.74) is 0.713. The van der Waals surface area contributed by atoms with E-state index < -0.39 is 8.80 Å². The smallest absolute Gasteiger partial charge is 0.0686 e. The van der Waals surface area contributed by atoms with Crippen molar-refractivity contribution >= 4 is 8.80 Å². The maximum atomic E-state index is 5.80. The molecule has 0 spiro atoms. The van der Waals surface area contributed by atoms with Gasteiger partial charge in [-0.1, -0.05) is 32.4 Å². The molecule has 2 heteroatoms. The molecule has 72 valence electrons. The Bertz CT molecular complexity index is 110. The highest BCUT2D eigenvalue weighted by Crippen LogP contribution is 2.18. The molecule has 2 unspecified atom stereocenters. The Morgan fingerprint density at radius 1 is 1.42 bits per heavy atom. The van der Waals surface area contributed by atoms with Crippen molar-refractivity contribution in [2.45, 2.75) is 57.3 Å².